The summed E-state index contributed by atoms with van der Waals surface area (Å²) in [6.45, 7) is 6.64. The number of hydrogen-bond donors (Lipinski definition) is 0. The van der Waals surface area contributed by atoms with Crippen molar-refractivity contribution in [1.29, 1.82) is 0 Å². The number of rotatable bonds is 27. The van der Waals surface area contributed by atoms with E-state index in [1.54, 1.807) is 6.08 Å². The van der Waals surface area contributed by atoms with Crippen molar-refractivity contribution in [1.82, 2.24) is 0 Å². The van der Waals surface area contributed by atoms with E-state index in [2.05, 4.69) is 6.92 Å². The molecule has 0 aromatic heterocycles. The summed E-state index contributed by atoms with van der Waals surface area (Å²) in [4.78, 5) is 11.4. The molecule has 0 unspecified atom stereocenters. The lowest BCUT2D eigenvalue weighted by Gasteiger charge is -2.05. The van der Waals surface area contributed by atoms with E-state index in [0.717, 1.165) is 12.0 Å². The predicted molar refractivity (Wildman–Crippen MR) is 151 cm³/mol. The summed E-state index contributed by atoms with van der Waals surface area (Å²) in [5.41, 5.74) is 1.15. The van der Waals surface area contributed by atoms with E-state index in [4.69, 9.17) is 4.74 Å². The number of carbonyl (C=O) groups excluding carboxylic acids is 1. The Morgan fingerprint density at radius 2 is 0.794 bits per heavy atom. The molecule has 34 heavy (non-hydrogen) atoms. The van der Waals surface area contributed by atoms with Crippen LogP contribution in [0.5, 0.6) is 0 Å². The zero-order chi connectivity index (χ0) is 25.0. The van der Waals surface area contributed by atoms with Gasteiger partial charge in [0, 0.05) is 6.08 Å². The molecule has 0 saturated carbocycles. The molecule has 0 aromatic rings. The first kappa shape index (κ1) is 33.2. The minimum atomic E-state index is -0.190. The van der Waals surface area contributed by atoms with Crippen molar-refractivity contribution in [2.45, 2.75) is 181 Å². The third-order valence-corrected chi connectivity index (χ3v) is 7.08. The molecule has 0 atom stereocenters. The average Bonchev–Trinajstić information content (AvgIpc) is 2.82. The van der Waals surface area contributed by atoms with E-state index in [0.29, 0.717) is 6.61 Å². The Morgan fingerprint density at radius 3 is 1.09 bits per heavy atom. The Bertz CT molecular complexity index is 440. The van der Waals surface area contributed by atoms with Crippen molar-refractivity contribution in [2.24, 2.45) is 0 Å². The van der Waals surface area contributed by atoms with E-state index in [1.165, 1.54) is 154 Å². The quantitative estimate of drug-likeness (QED) is 0.0666. The van der Waals surface area contributed by atoms with Gasteiger partial charge in [-0.3, -0.25) is 0 Å². The van der Waals surface area contributed by atoms with E-state index in [9.17, 15) is 4.79 Å². The second-order valence-electron chi connectivity index (χ2n) is 10.6. The van der Waals surface area contributed by atoms with Gasteiger partial charge >= 0.3 is 5.97 Å². The first-order valence-electron chi connectivity index (χ1n) is 15.5. The maximum atomic E-state index is 11.4. The van der Waals surface area contributed by atoms with Crippen molar-refractivity contribution in [3.8, 4) is 0 Å². The van der Waals surface area contributed by atoms with Crippen LogP contribution in [0.4, 0.5) is 0 Å². The van der Waals surface area contributed by atoms with Gasteiger partial charge in [-0.1, -0.05) is 160 Å². The molecule has 2 nitrogen and oxygen atoms in total. The molecule has 0 amide bonds. The summed E-state index contributed by atoms with van der Waals surface area (Å²) in [6, 6.07) is 0. The fourth-order valence-corrected chi connectivity index (χ4v) is 4.82. The van der Waals surface area contributed by atoms with Crippen LogP contribution in [0.3, 0.4) is 0 Å². The molecule has 0 aliphatic heterocycles. The minimum absolute atomic E-state index is 0.190. The van der Waals surface area contributed by atoms with Crippen LogP contribution in [0, 0.1) is 0 Å². The normalized spacial score (nSPS) is 11.8. The van der Waals surface area contributed by atoms with E-state index in [1.807, 2.05) is 13.8 Å². The molecule has 0 rings (SSSR count). The van der Waals surface area contributed by atoms with Crippen molar-refractivity contribution in [3.05, 3.63) is 11.6 Å². The highest BCUT2D eigenvalue weighted by Gasteiger charge is 1.99. The topological polar surface area (TPSA) is 26.3 Å². The molecule has 0 aliphatic rings. The molecule has 0 radical (unpaired) electrons. The molecular formula is C32H62O2. The maximum Gasteiger partial charge on any atom is 0.330 e. The standard InChI is InChI=1S/C32H62O2/c1-4-6-7-8-9-10-11-12-13-14-15-16-17-18-19-20-21-22-23-24-25-26-27-28-29-31(3)30-32(33)34-5-2/h30H,4-29H2,1-3H3/b31-30+. The largest absolute Gasteiger partial charge is 0.463 e. The van der Waals surface area contributed by atoms with E-state index >= 15 is 0 Å². The summed E-state index contributed by atoms with van der Waals surface area (Å²) in [5.74, 6) is -0.190. The zero-order valence-corrected chi connectivity index (χ0v) is 23.8. The summed E-state index contributed by atoms with van der Waals surface area (Å²) in [6.07, 6.45) is 36.9. The zero-order valence-electron chi connectivity index (χ0n) is 23.8. The van der Waals surface area contributed by atoms with Gasteiger partial charge in [-0.25, -0.2) is 4.79 Å². The maximum absolute atomic E-state index is 11.4. The first-order chi connectivity index (χ1) is 16.7. The van der Waals surface area contributed by atoms with E-state index < -0.39 is 0 Å². The Labute approximate surface area is 215 Å². The van der Waals surface area contributed by atoms with Gasteiger partial charge < -0.3 is 4.74 Å². The summed E-state index contributed by atoms with van der Waals surface area (Å²) < 4.78 is 4.95. The molecule has 0 bridgehead atoms. The van der Waals surface area contributed by atoms with Gasteiger partial charge in [0.25, 0.3) is 0 Å². The fourth-order valence-electron chi connectivity index (χ4n) is 4.82. The van der Waals surface area contributed by atoms with Crippen molar-refractivity contribution in [3.63, 3.8) is 0 Å². The molecule has 0 heterocycles. The summed E-state index contributed by atoms with van der Waals surface area (Å²) >= 11 is 0. The highest BCUT2D eigenvalue weighted by atomic mass is 16.5. The average molecular weight is 479 g/mol. The third-order valence-electron chi connectivity index (χ3n) is 7.08. The molecular weight excluding hydrogens is 416 g/mol. The van der Waals surface area contributed by atoms with E-state index in [-0.39, 0.29) is 5.97 Å². The Hall–Kier alpha value is -0.790. The smallest absolute Gasteiger partial charge is 0.330 e. The summed E-state index contributed by atoms with van der Waals surface area (Å²) in [7, 11) is 0. The SMILES string of the molecule is CCCCCCCCCCCCCCCCCCCCCCCCCC/C(C)=C/C(=O)OCC. The third kappa shape index (κ3) is 27.5. The van der Waals surface area contributed by atoms with Crippen LogP contribution < -0.4 is 0 Å². The lowest BCUT2D eigenvalue weighted by Crippen LogP contribution is -2.00. The second-order valence-corrected chi connectivity index (χ2v) is 10.6. The lowest BCUT2D eigenvalue weighted by atomic mass is 10.0. The van der Waals surface area contributed by atoms with Crippen molar-refractivity contribution < 1.29 is 9.53 Å². The lowest BCUT2D eigenvalue weighted by molar-refractivity contribution is -0.137. The number of allylic oxidation sites excluding steroid dienone is 1. The number of esters is 1. The Balaban J connectivity index is 3.15. The van der Waals surface area contributed by atoms with Gasteiger partial charge in [0.2, 0.25) is 0 Å². The van der Waals surface area contributed by atoms with Gasteiger partial charge in [0.1, 0.15) is 0 Å². The van der Waals surface area contributed by atoms with Crippen molar-refractivity contribution >= 4 is 5.97 Å². The van der Waals surface area contributed by atoms with Crippen LogP contribution in [0.2, 0.25) is 0 Å². The Kier molecular flexibility index (Phi) is 27.8. The van der Waals surface area contributed by atoms with Gasteiger partial charge in [0.15, 0.2) is 0 Å². The highest BCUT2D eigenvalue weighted by molar-refractivity contribution is 5.82. The van der Waals surface area contributed by atoms with Crippen LogP contribution in [0.1, 0.15) is 181 Å². The fraction of sp³-hybridized carbons (Fsp3) is 0.906. The molecule has 0 aliphatic carbocycles. The van der Waals surface area contributed by atoms with Crippen LogP contribution >= 0.6 is 0 Å². The second kappa shape index (κ2) is 28.4. The van der Waals surface area contributed by atoms with Crippen LogP contribution in [-0.2, 0) is 9.53 Å². The molecule has 0 spiro atoms. The van der Waals surface area contributed by atoms with Gasteiger partial charge in [-0.05, 0) is 26.7 Å². The van der Waals surface area contributed by atoms with Crippen LogP contribution in [0.25, 0.3) is 0 Å². The first-order valence-corrected chi connectivity index (χ1v) is 15.5. The number of carbonyl (C=O) groups is 1. The predicted octanol–water partition coefficient (Wildman–Crippen LogP) is 11.3. The van der Waals surface area contributed by atoms with Crippen molar-refractivity contribution in [2.75, 3.05) is 6.61 Å². The minimum Gasteiger partial charge on any atom is -0.463 e. The van der Waals surface area contributed by atoms with Gasteiger partial charge in [0.05, 0.1) is 6.61 Å². The summed E-state index contributed by atoms with van der Waals surface area (Å²) in [5, 5.41) is 0. The van der Waals surface area contributed by atoms with Crippen LogP contribution in [-0.4, -0.2) is 12.6 Å². The number of unbranched alkanes of at least 4 members (excludes halogenated alkanes) is 23. The van der Waals surface area contributed by atoms with Gasteiger partial charge in [-0.15, -0.1) is 0 Å². The molecule has 0 saturated heterocycles. The molecule has 0 aromatic carbocycles. The molecule has 0 N–H and O–H groups in total. The number of hydrogen-bond acceptors (Lipinski definition) is 2. The van der Waals surface area contributed by atoms with Crippen LogP contribution in [0.15, 0.2) is 11.6 Å². The number of ether oxygens (including phenoxy) is 1. The highest BCUT2D eigenvalue weighted by Crippen LogP contribution is 2.16. The Morgan fingerprint density at radius 1 is 0.500 bits per heavy atom. The molecule has 2 heteroatoms. The van der Waals surface area contributed by atoms with Gasteiger partial charge in [-0.2, -0.15) is 0 Å². The monoisotopic (exact) mass is 478 g/mol. The molecule has 202 valence electrons. The molecule has 0 fully saturated rings.